The maximum Gasteiger partial charge on any atom is 0.252 e. The molecule has 1 aliphatic rings. The molecule has 0 bridgehead atoms. The fourth-order valence-corrected chi connectivity index (χ4v) is 3.34. The maximum atomic E-state index is 11.9. The van der Waals surface area contributed by atoms with Gasteiger partial charge in [0.1, 0.15) is 17.2 Å². The molecule has 3 aromatic rings. The zero-order chi connectivity index (χ0) is 18.6. The van der Waals surface area contributed by atoms with Crippen molar-refractivity contribution in [3.05, 3.63) is 66.4 Å². The summed E-state index contributed by atoms with van der Waals surface area (Å²) in [7, 11) is 0. The Morgan fingerprint density at radius 1 is 1.11 bits per heavy atom. The van der Waals surface area contributed by atoms with Gasteiger partial charge in [0.15, 0.2) is 0 Å². The summed E-state index contributed by atoms with van der Waals surface area (Å²) in [4.78, 5) is 11.9. The minimum atomic E-state index is -0.468. The molecule has 138 valence electrons. The molecule has 6 heteroatoms. The molecule has 1 aromatic heterocycles. The van der Waals surface area contributed by atoms with Gasteiger partial charge in [0.25, 0.3) is 5.91 Å². The van der Waals surface area contributed by atoms with Gasteiger partial charge in [0.2, 0.25) is 0 Å². The van der Waals surface area contributed by atoms with E-state index >= 15 is 0 Å². The Hall–Kier alpha value is -3.12. The number of primary amides is 1. The third-order valence-corrected chi connectivity index (χ3v) is 4.75. The highest BCUT2D eigenvalue weighted by atomic mass is 16.5. The number of nitrogens with zero attached hydrogens (tertiary/aromatic N) is 2. The van der Waals surface area contributed by atoms with Gasteiger partial charge in [-0.2, -0.15) is 5.10 Å². The lowest BCUT2D eigenvalue weighted by atomic mass is 10.1. The first-order valence-corrected chi connectivity index (χ1v) is 9.14. The molecule has 3 N–H and O–H groups in total. The van der Waals surface area contributed by atoms with Crippen molar-refractivity contribution in [3.8, 4) is 22.8 Å². The van der Waals surface area contributed by atoms with Crippen LogP contribution in [0.1, 0.15) is 29.2 Å². The summed E-state index contributed by atoms with van der Waals surface area (Å²) in [6, 6.07) is 17.4. The molecule has 1 fully saturated rings. The van der Waals surface area contributed by atoms with Crippen LogP contribution in [-0.2, 0) is 0 Å². The second-order valence-corrected chi connectivity index (χ2v) is 6.68. The summed E-state index contributed by atoms with van der Waals surface area (Å²) in [5.74, 6) is 1.03. The highest BCUT2D eigenvalue weighted by Gasteiger charge is 2.21. The number of aromatic nitrogens is 2. The molecule has 1 aliphatic heterocycles. The van der Waals surface area contributed by atoms with Crippen molar-refractivity contribution in [2.24, 2.45) is 5.73 Å². The lowest BCUT2D eigenvalue weighted by Gasteiger charge is -2.22. The van der Waals surface area contributed by atoms with Crippen LogP contribution in [-0.4, -0.2) is 28.8 Å². The number of nitrogens with one attached hydrogen (secondary N) is 1. The average molecular weight is 362 g/mol. The lowest BCUT2D eigenvalue weighted by Crippen LogP contribution is -2.31. The van der Waals surface area contributed by atoms with E-state index in [2.05, 4.69) is 10.4 Å². The maximum absolute atomic E-state index is 11.9. The fourth-order valence-electron chi connectivity index (χ4n) is 3.34. The van der Waals surface area contributed by atoms with Crippen molar-refractivity contribution < 1.29 is 9.53 Å². The molecular weight excluding hydrogens is 340 g/mol. The van der Waals surface area contributed by atoms with Crippen LogP contribution in [0, 0.1) is 0 Å². The van der Waals surface area contributed by atoms with Crippen molar-refractivity contribution >= 4 is 5.91 Å². The zero-order valence-corrected chi connectivity index (χ0v) is 15.0. The number of para-hydroxylation sites is 1. The fraction of sp³-hybridized carbons (Fsp3) is 0.238. The van der Waals surface area contributed by atoms with E-state index in [0.717, 1.165) is 43.0 Å². The molecule has 2 aromatic carbocycles. The van der Waals surface area contributed by atoms with E-state index in [1.165, 1.54) is 0 Å². The topological polar surface area (TPSA) is 82.2 Å². The smallest absolute Gasteiger partial charge is 0.252 e. The number of hydrogen-bond donors (Lipinski definition) is 2. The minimum Gasteiger partial charge on any atom is -0.457 e. The van der Waals surface area contributed by atoms with Gasteiger partial charge in [-0.1, -0.05) is 18.2 Å². The summed E-state index contributed by atoms with van der Waals surface area (Å²) in [6.07, 6.45) is 3.90. The predicted molar refractivity (Wildman–Crippen MR) is 104 cm³/mol. The van der Waals surface area contributed by atoms with Crippen LogP contribution in [0.15, 0.2) is 60.8 Å². The quantitative estimate of drug-likeness (QED) is 0.729. The first-order chi connectivity index (χ1) is 13.2. The van der Waals surface area contributed by atoms with Gasteiger partial charge in [-0.3, -0.25) is 9.48 Å². The first-order valence-electron chi connectivity index (χ1n) is 9.14. The summed E-state index contributed by atoms with van der Waals surface area (Å²) >= 11 is 0. The van der Waals surface area contributed by atoms with E-state index in [-0.39, 0.29) is 6.04 Å². The van der Waals surface area contributed by atoms with E-state index in [1.807, 2.05) is 59.3 Å². The molecular formula is C21H22N4O2. The number of benzene rings is 2. The first kappa shape index (κ1) is 17.3. The van der Waals surface area contributed by atoms with Gasteiger partial charge in [-0.25, -0.2) is 0 Å². The molecule has 0 spiro atoms. The van der Waals surface area contributed by atoms with Gasteiger partial charge in [0.05, 0.1) is 11.6 Å². The molecule has 1 saturated heterocycles. The van der Waals surface area contributed by atoms with Crippen molar-refractivity contribution in [1.82, 2.24) is 15.1 Å². The van der Waals surface area contributed by atoms with Crippen LogP contribution >= 0.6 is 0 Å². The average Bonchev–Trinajstić information content (AvgIpc) is 3.16. The lowest BCUT2D eigenvalue weighted by molar-refractivity contribution is 0.100. The number of nitrogens with two attached hydrogens (primary N) is 1. The molecule has 1 atom stereocenters. The Balaban J connectivity index is 1.60. The number of amides is 1. The van der Waals surface area contributed by atoms with Crippen molar-refractivity contribution in [2.45, 2.75) is 18.9 Å². The van der Waals surface area contributed by atoms with E-state index in [4.69, 9.17) is 10.5 Å². The van der Waals surface area contributed by atoms with Crippen molar-refractivity contribution in [2.75, 3.05) is 13.1 Å². The van der Waals surface area contributed by atoms with Crippen molar-refractivity contribution in [3.63, 3.8) is 0 Å². The predicted octanol–water partition coefficient (Wildman–Crippen LogP) is 3.37. The largest absolute Gasteiger partial charge is 0.457 e. The molecule has 2 heterocycles. The third kappa shape index (κ3) is 3.85. The summed E-state index contributed by atoms with van der Waals surface area (Å²) < 4.78 is 7.69. The van der Waals surface area contributed by atoms with Gasteiger partial charge in [0, 0.05) is 18.3 Å². The van der Waals surface area contributed by atoms with Crippen LogP contribution in [0.5, 0.6) is 11.5 Å². The highest BCUT2D eigenvalue weighted by Crippen LogP contribution is 2.28. The number of piperidine rings is 1. The van der Waals surface area contributed by atoms with Crippen LogP contribution in [0.2, 0.25) is 0 Å². The Bertz CT molecular complexity index is 913. The second kappa shape index (κ2) is 7.63. The van der Waals surface area contributed by atoms with Crippen molar-refractivity contribution in [1.29, 1.82) is 0 Å². The Morgan fingerprint density at radius 3 is 2.52 bits per heavy atom. The van der Waals surface area contributed by atoms with Crippen LogP contribution in [0.3, 0.4) is 0 Å². The van der Waals surface area contributed by atoms with Gasteiger partial charge in [-0.05, 0) is 55.8 Å². The highest BCUT2D eigenvalue weighted by molar-refractivity contribution is 5.98. The van der Waals surface area contributed by atoms with Gasteiger partial charge < -0.3 is 15.8 Å². The number of hydrogen-bond acceptors (Lipinski definition) is 4. The molecule has 6 nitrogen and oxygen atoms in total. The van der Waals surface area contributed by atoms with Crippen LogP contribution in [0.4, 0.5) is 0 Å². The standard InChI is InChI=1S/C21H22N4O2/c22-21(26)19-14-25(16-5-4-12-23-13-16)24-20(19)15-8-10-18(11-9-15)27-17-6-2-1-3-7-17/h1-3,6-11,14,16,23H,4-5,12-13H2,(H2,22,26). The SMILES string of the molecule is NC(=O)c1cn(C2CCCNC2)nc1-c1ccc(Oc2ccccc2)cc1. The zero-order valence-electron chi connectivity index (χ0n) is 15.0. The second-order valence-electron chi connectivity index (χ2n) is 6.68. The number of ether oxygens (including phenoxy) is 1. The van der Waals surface area contributed by atoms with E-state index in [1.54, 1.807) is 6.20 Å². The molecule has 27 heavy (non-hydrogen) atoms. The normalized spacial score (nSPS) is 16.8. The summed E-state index contributed by atoms with van der Waals surface area (Å²) in [6.45, 7) is 1.87. The van der Waals surface area contributed by atoms with Crippen LogP contribution < -0.4 is 15.8 Å². The minimum absolute atomic E-state index is 0.242. The number of carbonyl (C=O) groups excluding carboxylic acids is 1. The molecule has 4 rings (SSSR count). The number of rotatable bonds is 5. The van der Waals surface area contributed by atoms with E-state index < -0.39 is 5.91 Å². The third-order valence-electron chi connectivity index (χ3n) is 4.75. The summed E-state index contributed by atoms with van der Waals surface area (Å²) in [5.41, 5.74) is 7.49. The van der Waals surface area contributed by atoms with E-state index in [9.17, 15) is 4.79 Å². The Morgan fingerprint density at radius 2 is 1.85 bits per heavy atom. The molecule has 1 amide bonds. The Kier molecular flexibility index (Phi) is 4.89. The molecule has 0 radical (unpaired) electrons. The van der Waals surface area contributed by atoms with Gasteiger partial charge in [-0.15, -0.1) is 0 Å². The van der Waals surface area contributed by atoms with Crippen LogP contribution in [0.25, 0.3) is 11.3 Å². The molecule has 1 unspecified atom stereocenters. The summed E-state index contributed by atoms with van der Waals surface area (Å²) in [5, 5.41) is 8.04. The monoisotopic (exact) mass is 362 g/mol. The Labute approximate surface area is 158 Å². The van der Waals surface area contributed by atoms with Gasteiger partial charge >= 0.3 is 0 Å². The molecule has 0 saturated carbocycles. The molecule has 0 aliphatic carbocycles. The number of carbonyl (C=O) groups is 1. The van der Waals surface area contributed by atoms with E-state index in [0.29, 0.717) is 11.3 Å².